The number of likely N-dealkylation sites (tertiary alicyclic amines) is 1. The van der Waals surface area contributed by atoms with Crippen molar-refractivity contribution in [3.05, 3.63) is 70.8 Å². The molecule has 2 amide bonds. The number of nitrogens with one attached hydrogen (secondary N) is 1. The van der Waals surface area contributed by atoms with Gasteiger partial charge in [-0.3, -0.25) is 9.59 Å². The van der Waals surface area contributed by atoms with Crippen LogP contribution in [0, 0.1) is 30.4 Å². The summed E-state index contributed by atoms with van der Waals surface area (Å²) in [4.78, 5) is 27.4. The highest BCUT2D eigenvalue weighted by Crippen LogP contribution is 2.36. The van der Waals surface area contributed by atoms with E-state index >= 15 is 0 Å². The zero-order valence-corrected chi connectivity index (χ0v) is 17.0. The lowest BCUT2D eigenvalue weighted by molar-refractivity contribution is -0.137. The summed E-state index contributed by atoms with van der Waals surface area (Å²) in [5.74, 6) is -0.930. The number of aryl methyl sites for hydroxylation is 1. The highest BCUT2D eigenvalue weighted by atomic mass is 19.1. The van der Waals surface area contributed by atoms with E-state index in [9.17, 15) is 18.4 Å². The van der Waals surface area contributed by atoms with Gasteiger partial charge in [-0.05, 0) is 61.1 Å². The fourth-order valence-corrected chi connectivity index (χ4v) is 4.20. The fraction of sp³-hybridized carbons (Fsp3) is 0.417. The largest absolute Gasteiger partial charge is 0.352 e. The first-order valence-electron chi connectivity index (χ1n) is 10.5. The SMILES string of the molecule is Cc1cc([C@H]2C[C@H](C(=O)NCc3cccc(F)c3)CN(C(=O)C3CC3)C2)ccc1F. The molecule has 2 aromatic rings. The third-order valence-corrected chi connectivity index (χ3v) is 6.07. The quantitative estimate of drug-likeness (QED) is 0.809. The highest BCUT2D eigenvalue weighted by Gasteiger charge is 2.39. The minimum absolute atomic E-state index is 0.0225. The van der Waals surface area contributed by atoms with Crippen molar-refractivity contribution in [2.75, 3.05) is 13.1 Å². The predicted molar refractivity (Wildman–Crippen MR) is 110 cm³/mol. The molecule has 2 fully saturated rings. The van der Waals surface area contributed by atoms with Crippen molar-refractivity contribution in [1.29, 1.82) is 0 Å². The summed E-state index contributed by atoms with van der Waals surface area (Å²) in [5, 5.41) is 2.89. The smallest absolute Gasteiger partial charge is 0.225 e. The second kappa shape index (κ2) is 8.54. The van der Waals surface area contributed by atoms with Gasteiger partial charge in [0, 0.05) is 31.5 Å². The van der Waals surface area contributed by atoms with Crippen molar-refractivity contribution >= 4 is 11.8 Å². The van der Waals surface area contributed by atoms with Crippen LogP contribution in [0.5, 0.6) is 0 Å². The maximum absolute atomic E-state index is 13.7. The van der Waals surface area contributed by atoms with Crippen molar-refractivity contribution in [1.82, 2.24) is 10.2 Å². The van der Waals surface area contributed by atoms with Gasteiger partial charge in [0.05, 0.1) is 5.92 Å². The minimum atomic E-state index is -0.356. The Kier molecular flexibility index (Phi) is 5.84. The van der Waals surface area contributed by atoms with Crippen molar-refractivity contribution < 1.29 is 18.4 Å². The van der Waals surface area contributed by atoms with E-state index in [-0.39, 0.29) is 47.7 Å². The fourth-order valence-electron chi connectivity index (χ4n) is 4.20. The predicted octanol–water partition coefficient (Wildman–Crippen LogP) is 3.93. The number of amides is 2. The monoisotopic (exact) mass is 412 g/mol. The molecular weight excluding hydrogens is 386 g/mol. The number of halogens is 2. The van der Waals surface area contributed by atoms with E-state index in [2.05, 4.69) is 5.32 Å². The van der Waals surface area contributed by atoms with Crippen LogP contribution in [0.25, 0.3) is 0 Å². The van der Waals surface area contributed by atoms with Gasteiger partial charge < -0.3 is 10.2 Å². The lowest BCUT2D eigenvalue weighted by atomic mass is 9.83. The Morgan fingerprint density at radius 3 is 2.57 bits per heavy atom. The van der Waals surface area contributed by atoms with Crippen LogP contribution in [0.15, 0.2) is 42.5 Å². The van der Waals surface area contributed by atoms with E-state index in [0.29, 0.717) is 30.6 Å². The first-order valence-corrected chi connectivity index (χ1v) is 10.5. The number of rotatable bonds is 5. The highest BCUT2D eigenvalue weighted by molar-refractivity contribution is 5.83. The lowest BCUT2D eigenvalue weighted by Crippen LogP contribution is -2.48. The molecule has 2 atom stereocenters. The second-order valence-corrected chi connectivity index (χ2v) is 8.50. The van der Waals surface area contributed by atoms with Crippen LogP contribution in [0.4, 0.5) is 8.78 Å². The molecule has 4 rings (SSSR count). The Hall–Kier alpha value is -2.76. The number of hydrogen-bond donors (Lipinski definition) is 1. The minimum Gasteiger partial charge on any atom is -0.352 e. The van der Waals surface area contributed by atoms with Gasteiger partial charge in [0.2, 0.25) is 11.8 Å². The maximum atomic E-state index is 13.7. The molecule has 0 unspecified atom stereocenters. The van der Waals surface area contributed by atoms with Gasteiger partial charge in [-0.15, -0.1) is 0 Å². The van der Waals surface area contributed by atoms with Gasteiger partial charge in [0.25, 0.3) is 0 Å². The molecule has 1 heterocycles. The van der Waals surface area contributed by atoms with Crippen LogP contribution in [0.2, 0.25) is 0 Å². The van der Waals surface area contributed by atoms with Crippen LogP contribution in [0.3, 0.4) is 0 Å². The van der Waals surface area contributed by atoms with Gasteiger partial charge in [-0.25, -0.2) is 8.78 Å². The first kappa shape index (κ1) is 20.5. The lowest BCUT2D eigenvalue weighted by Gasteiger charge is -2.37. The summed E-state index contributed by atoms with van der Waals surface area (Å²) >= 11 is 0. The van der Waals surface area contributed by atoms with Crippen molar-refractivity contribution in [2.24, 2.45) is 11.8 Å². The van der Waals surface area contributed by atoms with Crippen molar-refractivity contribution in [2.45, 2.75) is 38.6 Å². The summed E-state index contributed by atoms with van der Waals surface area (Å²) in [7, 11) is 0. The summed E-state index contributed by atoms with van der Waals surface area (Å²) in [5.41, 5.74) is 2.20. The van der Waals surface area contributed by atoms with Crippen molar-refractivity contribution in [3.8, 4) is 0 Å². The molecule has 1 saturated carbocycles. The summed E-state index contributed by atoms with van der Waals surface area (Å²) in [6.45, 7) is 2.90. The third kappa shape index (κ3) is 4.69. The van der Waals surface area contributed by atoms with Crippen LogP contribution in [-0.2, 0) is 16.1 Å². The van der Waals surface area contributed by atoms with E-state index in [1.807, 2.05) is 6.07 Å². The molecule has 1 saturated heterocycles. The molecule has 0 bridgehead atoms. The average Bonchev–Trinajstić information content (AvgIpc) is 3.58. The van der Waals surface area contributed by atoms with Crippen LogP contribution >= 0.6 is 0 Å². The molecule has 2 aromatic carbocycles. The van der Waals surface area contributed by atoms with Gasteiger partial charge >= 0.3 is 0 Å². The number of hydrogen-bond acceptors (Lipinski definition) is 2. The van der Waals surface area contributed by atoms with Gasteiger partial charge in [0.1, 0.15) is 11.6 Å². The third-order valence-electron chi connectivity index (χ3n) is 6.07. The molecule has 4 nitrogen and oxygen atoms in total. The molecule has 158 valence electrons. The second-order valence-electron chi connectivity index (χ2n) is 8.50. The summed E-state index contributed by atoms with van der Waals surface area (Å²) < 4.78 is 27.1. The normalized spacial score (nSPS) is 21.4. The Bertz CT molecular complexity index is 958. The molecule has 30 heavy (non-hydrogen) atoms. The maximum Gasteiger partial charge on any atom is 0.225 e. The van der Waals surface area contributed by atoms with Crippen LogP contribution in [0.1, 0.15) is 41.9 Å². The van der Waals surface area contributed by atoms with Crippen molar-refractivity contribution in [3.63, 3.8) is 0 Å². The van der Waals surface area contributed by atoms with Crippen LogP contribution in [-0.4, -0.2) is 29.8 Å². The van der Waals surface area contributed by atoms with Crippen LogP contribution < -0.4 is 5.32 Å². The zero-order chi connectivity index (χ0) is 21.3. The zero-order valence-electron chi connectivity index (χ0n) is 17.0. The number of nitrogens with zero attached hydrogens (tertiary/aromatic N) is 1. The van der Waals surface area contributed by atoms with E-state index < -0.39 is 0 Å². The Labute approximate surface area is 175 Å². The molecule has 0 aromatic heterocycles. The molecule has 1 aliphatic carbocycles. The number of benzene rings is 2. The van der Waals surface area contributed by atoms with E-state index in [1.54, 1.807) is 30.0 Å². The Morgan fingerprint density at radius 1 is 1.07 bits per heavy atom. The van der Waals surface area contributed by atoms with E-state index in [4.69, 9.17) is 0 Å². The number of carbonyl (C=O) groups is 2. The molecular formula is C24H26F2N2O2. The van der Waals surface area contributed by atoms with Gasteiger partial charge in [-0.1, -0.05) is 24.3 Å². The summed E-state index contributed by atoms with van der Waals surface area (Å²) in [6, 6.07) is 11.1. The molecule has 0 spiro atoms. The molecule has 2 aliphatic rings. The Morgan fingerprint density at radius 2 is 1.87 bits per heavy atom. The molecule has 1 N–H and O–H groups in total. The molecule has 0 radical (unpaired) electrons. The van der Waals surface area contributed by atoms with E-state index in [1.165, 1.54) is 18.2 Å². The number of carbonyl (C=O) groups excluding carboxylic acids is 2. The topological polar surface area (TPSA) is 49.4 Å². The Balaban J connectivity index is 1.49. The van der Waals surface area contributed by atoms with E-state index in [0.717, 1.165) is 18.4 Å². The van der Waals surface area contributed by atoms with Gasteiger partial charge in [0.15, 0.2) is 0 Å². The standard InChI is InChI=1S/C24H26F2N2O2/c1-15-9-18(7-8-22(15)26)19-11-20(14-28(13-19)24(30)17-5-6-17)23(29)27-12-16-3-2-4-21(25)10-16/h2-4,7-10,17,19-20H,5-6,11-14H2,1H3,(H,27,29)/t19-,20-/m0/s1. The average molecular weight is 412 g/mol. The number of piperidine rings is 1. The summed E-state index contributed by atoms with van der Waals surface area (Å²) in [6.07, 6.45) is 2.41. The first-order chi connectivity index (χ1) is 14.4. The molecule has 6 heteroatoms. The van der Waals surface area contributed by atoms with Gasteiger partial charge in [-0.2, -0.15) is 0 Å². The molecule has 1 aliphatic heterocycles.